The van der Waals surface area contributed by atoms with Gasteiger partial charge in [0.15, 0.2) is 17.0 Å². The molecule has 0 spiro atoms. The van der Waals surface area contributed by atoms with Crippen LogP contribution in [0.3, 0.4) is 0 Å². The number of piperidine rings is 1. The Morgan fingerprint density at radius 3 is 2.32 bits per heavy atom. The van der Waals surface area contributed by atoms with Crippen molar-refractivity contribution in [3.63, 3.8) is 0 Å². The molecule has 2 atom stereocenters. The number of fused-ring (bicyclic) bond motifs is 1. The molecule has 164 valence electrons. The second-order valence-electron chi connectivity index (χ2n) is 7.77. The summed E-state index contributed by atoms with van der Waals surface area (Å²) >= 11 is 6.35. The molecule has 0 aliphatic carbocycles. The van der Waals surface area contributed by atoms with Crippen LogP contribution in [0.2, 0.25) is 5.02 Å². The number of amides is 1. The molecular formula is C21H19ClF4N4O. The third kappa shape index (κ3) is 3.86. The molecule has 3 aromatic rings. The second-order valence-corrected chi connectivity index (χ2v) is 8.15. The summed E-state index contributed by atoms with van der Waals surface area (Å²) in [4.78, 5) is 19.0. The molecule has 0 N–H and O–H groups in total. The van der Waals surface area contributed by atoms with E-state index in [9.17, 15) is 22.4 Å². The fourth-order valence-corrected chi connectivity index (χ4v) is 4.28. The first kappa shape index (κ1) is 21.5. The molecule has 3 heterocycles. The van der Waals surface area contributed by atoms with Crippen molar-refractivity contribution in [2.24, 2.45) is 0 Å². The molecule has 10 heteroatoms. The summed E-state index contributed by atoms with van der Waals surface area (Å²) in [7, 11) is 0. The molecule has 2 aromatic heterocycles. The molecule has 0 saturated carbocycles. The van der Waals surface area contributed by atoms with E-state index in [4.69, 9.17) is 11.6 Å². The van der Waals surface area contributed by atoms with Gasteiger partial charge in [0, 0.05) is 17.6 Å². The minimum absolute atomic E-state index is 0.0552. The number of benzene rings is 1. The first-order valence-electron chi connectivity index (χ1n) is 9.83. The molecule has 1 saturated heterocycles. The number of nitrogens with zero attached hydrogens (tertiary/aromatic N) is 4. The zero-order valence-electron chi connectivity index (χ0n) is 16.7. The molecule has 4 rings (SSSR count). The Morgan fingerprint density at radius 1 is 1.13 bits per heavy atom. The van der Waals surface area contributed by atoms with Crippen LogP contribution >= 0.6 is 11.6 Å². The molecule has 0 radical (unpaired) electrons. The SMILES string of the molecule is C[C@@H]1CCC[C@@H](C)N1C(=O)c1nn2c(C(F)(F)F)cc(-c3ccc(F)cc3)nc2c1Cl. The number of alkyl halides is 3. The zero-order valence-corrected chi connectivity index (χ0v) is 17.5. The van der Waals surface area contributed by atoms with Gasteiger partial charge in [-0.2, -0.15) is 18.3 Å². The summed E-state index contributed by atoms with van der Waals surface area (Å²) in [6.45, 7) is 3.78. The maximum absolute atomic E-state index is 13.8. The van der Waals surface area contributed by atoms with Crippen LogP contribution in [-0.4, -0.2) is 37.5 Å². The summed E-state index contributed by atoms with van der Waals surface area (Å²) in [6, 6.07) is 5.54. The summed E-state index contributed by atoms with van der Waals surface area (Å²) < 4.78 is 55.2. The average molecular weight is 455 g/mol. The van der Waals surface area contributed by atoms with Gasteiger partial charge < -0.3 is 4.90 Å². The minimum Gasteiger partial charge on any atom is -0.332 e. The van der Waals surface area contributed by atoms with Crippen LogP contribution in [-0.2, 0) is 6.18 Å². The molecule has 1 fully saturated rings. The van der Waals surface area contributed by atoms with E-state index in [2.05, 4.69) is 10.1 Å². The summed E-state index contributed by atoms with van der Waals surface area (Å²) in [5.74, 6) is -1.05. The summed E-state index contributed by atoms with van der Waals surface area (Å²) in [5.41, 5.74) is -1.45. The van der Waals surface area contributed by atoms with Gasteiger partial charge in [0.25, 0.3) is 5.91 Å². The van der Waals surface area contributed by atoms with E-state index >= 15 is 0 Å². The van der Waals surface area contributed by atoms with Crippen LogP contribution in [0.15, 0.2) is 30.3 Å². The van der Waals surface area contributed by atoms with Gasteiger partial charge in [-0.3, -0.25) is 4.79 Å². The van der Waals surface area contributed by atoms with Crippen molar-refractivity contribution in [1.82, 2.24) is 19.5 Å². The van der Waals surface area contributed by atoms with E-state index in [0.29, 0.717) is 4.52 Å². The lowest BCUT2D eigenvalue weighted by atomic mass is 9.97. The van der Waals surface area contributed by atoms with E-state index in [1.807, 2.05) is 13.8 Å². The fourth-order valence-electron chi connectivity index (χ4n) is 4.04. The lowest BCUT2D eigenvalue weighted by Crippen LogP contribution is -2.47. The van der Waals surface area contributed by atoms with E-state index in [1.54, 1.807) is 4.90 Å². The number of hydrogen-bond donors (Lipinski definition) is 0. The van der Waals surface area contributed by atoms with Crippen LogP contribution in [0.5, 0.6) is 0 Å². The van der Waals surface area contributed by atoms with Gasteiger partial charge in [0.1, 0.15) is 10.8 Å². The molecule has 1 aliphatic rings. The third-order valence-corrected chi connectivity index (χ3v) is 5.94. The predicted molar refractivity (Wildman–Crippen MR) is 107 cm³/mol. The van der Waals surface area contributed by atoms with E-state index in [0.717, 1.165) is 37.5 Å². The Hall–Kier alpha value is -2.68. The minimum atomic E-state index is -4.78. The Kier molecular flexibility index (Phi) is 5.41. The normalized spacial score (nSPS) is 19.8. The van der Waals surface area contributed by atoms with Gasteiger partial charge in [-0.1, -0.05) is 11.6 Å². The van der Waals surface area contributed by atoms with Crippen molar-refractivity contribution in [3.05, 3.63) is 52.6 Å². The fraction of sp³-hybridized carbons (Fsp3) is 0.381. The van der Waals surface area contributed by atoms with E-state index in [1.165, 1.54) is 12.1 Å². The number of carbonyl (C=O) groups is 1. The molecule has 0 bridgehead atoms. The number of hydrogen-bond acceptors (Lipinski definition) is 3. The predicted octanol–water partition coefficient (Wildman–Crippen LogP) is 5.61. The summed E-state index contributed by atoms with van der Waals surface area (Å²) in [5, 5.41) is 3.68. The molecule has 0 unspecified atom stereocenters. The van der Waals surface area contributed by atoms with Crippen molar-refractivity contribution in [2.75, 3.05) is 0 Å². The van der Waals surface area contributed by atoms with Crippen LogP contribution in [0.4, 0.5) is 17.6 Å². The van der Waals surface area contributed by atoms with Gasteiger partial charge in [0.2, 0.25) is 0 Å². The van der Waals surface area contributed by atoms with Crippen molar-refractivity contribution in [2.45, 2.75) is 51.4 Å². The van der Waals surface area contributed by atoms with Crippen molar-refractivity contribution < 1.29 is 22.4 Å². The number of halogens is 5. The summed E-state index contributed by atoms with van der Waals surface area (Å²) in [6.07, 6.45) is -2.23. The standard InChI is InChI=1S/C21H19ClF4N4O/c1-11-4-3-5-12(2)29(11)20(31)18-17(22)19-27-15(13-6-8-14(23)9-7-13)10-16(21(24,25)26)30(19)28-18/h6-12H,3-5H2,1-2H3/t11-,12-/m1/s1. The van der Waals surface area contributed by atoms with Gasteiger partial charge in [-0.05, 0) is 63.4 Å². The Bertz CT molecular complexity index is 1130. The molecule has 5 nitrogen and oxygen atoms in total. The second kappa shape index (κ2) is 7.78. The Labute approximate surface area is 180 Å². The molecule has 31 heavy (non-hydrogen) atoms. The molecule has 1 aromatic carbocycles. The van der Waals surface area contributed by atoms with Gasteiger partial charge >= 0.3 is 6.18 Å². The lowest BCUT2D eigenvalue weighted by Gasteiger charge is -2.38. The third-order valence-electron chi connectivity index (χ3n) is 5.59. The number of rotatable bonds is 2. The van der Waals surface area contributed by atoms with Gasteiger partial charge in [0.05, 0.1) is 5.69 Å². The smallest absolute Gasteiger partial charge is 0.332 e. The maximum atomic E-state index is 13.8. The van der Waals surface area contributed by atoms with E-state index < -0.39 is 23.6 Å². The Balaban J connectivity index is 1.89. The lowest BCUT2D eigenvalue weighted by molar-refractivity contribution is -0.142. The number of likely N-dealkylation sites (tertiary alicyclic amines) is 1. The highest BCUT2D eigenvalue weighted by Gasteiger charge is 2.38. The highest BCUT2D eigenvalue weighted by atomic mass is 35.5. The van der Waals surface area contributed by atoms with Crippen LogP contribution in [0.1, 0.15) is 49.3 Å². The molecule has 1 aliphatic heterocycles. The zero-order chi connectivity index (χ0) is 22.5. The largest absolute Gasteiger partial charge is 0.433 e. The first-order chi connectivity index (χ1) is 14.6. The highest BCUT2D eigenvalue weighted by molar-refractivity contribution is 6.36. The quantitative estimate of drug-likeness (QED) is 0.473. The van der Waals surface area contributed by atoms with Crippen LogP contribution < -0.4 is 0 Å². The highest BCUT2D eigenvalue weighted by Crippen LogP contribution is 2.35. The van der Waals surface area contributed by atoms with Gasteiger partial charge in [-0.25, -0.2) is 13.9 Å². The average Bonchev–Trinajstić information content (AvgIpc) is 3.03. The van der Waals surface area contributed by atoms with Crippen molar-refractivity contribution in [1.29, 1.82) is 0 Å². The molecular weight excluding hydrogens is 436 g/mol. The molecule has 1 amide bonds. The topological polar surface area (TPSA) is 50.5 Å². The Morgan fingerprint density at radius 2 is 1.74 bits per heavy atom. The van der Waals surface area contributed by atoms with Crippen molar-refractivity contribution in [3.8, 4) is 11.3 Å². The first-order valence-corrected chi connectivity index (χ1v) is 10.2. The number of carbonyl (C=O) groups excluding carboxylic acids is 1. The van der Waals surface area contributed by atoms with E-state index in [-0.39, 0.29) is 39.7 Å². The van der Waals surface area contributed by atoms with Gasteiger partial charge in [-0.15, -0.1) is 0 Å². The number of aromatic nitrogens is 3. The maximum Gasteiger partial charge on any atom is 0.433 e. The monoisotopic (exact) mass is 454 g/mol. The van der Waals surface area contributed by atoms with Crippen LogP contribution in [0, 0.1) is 5.82 Å². The van der Waals surface area contributed by atoms with Crippen molar-refractivity contribution >= 4 is 23.2 Å². The van der Waals surface area contributed by atoms with Crippen LogP contribution in [0.25, 0.3) is 16.9 Å².